The lowest BCUT2D eigenvalue weighted by molar-refractivity contribution is 0.0312. The van der Waals surface area contributed by atoms with Crippen LogP contribution in [0.1, 0.15) is 62.5 Å². The van der Waals surface area contributed by atoms with E-state index in [1.165, 1.54) is 55.4 Å². The zero-order valence-electron chi connectivity index (χ0n) is 19.6. The molecule has 3 aromatic rings. The summed E-state index contributed by atoms with van der Waals surface area (Å²) in [5.41, 5.74) is 4.12. The van der Waals surface area contributed by atoms with Gasteiger partial charge in [-0.05, 0) is 109 Å². The number of aromatic nitrogens is 3. The summed E-state index contributed by atoms with van der Waals surface area (Å²) in [6.07, 6.45) is 10.2. The molecule has 4 nitrogen and oxygen atoms in total. The summed E-state index contributed by atoms with van der Waals surface area (Å²) >= 11 is 0. The van der Waals surface area contributed by atoms with Gasteiger partial charge in [-0.1, -0.05) is 18.2 Å². The third-order valence-corrected chi connectivity index (χ3v) is 9.10. The molecule has 0 spiro atoms. The van der Waals surface area contributed by atoms with Gasteiger partial charge < -0.3 is 5.11 Å². The van der Waals surface area contributed by atoms with Gasteiger partial charge in [0.2, 0.25) is 0 Å². The highest BCUT2D eigenvalue weighted by molar-refractivity contribution is 5.57. The zero-order valence-corrected chi connectivity index (χ0v) is 19.6. The van der Waals surface area contributed by atoms with E-state index in [2.05, 4.69) is 23.3 Å². The van der Waals surface area contributed by atoms with Crippen LogP contribution in [0.4, 0.5) is 8.78 Å². The second-order valence-corrected chi connectivity index (χ2v) is 11.0. The van der Waals surface area contributed by atoms with Crippen LogP contribution in [-0.2, 0) is 13.0 Å². The Labute approximate surface area is 199 Å². The third kappa shape index (κ3) is 3.71. The fourth-order valence-electron chi connectivity index (χ4n) is 7.66. The van der Waals surface area contributed by atoms with Crippen LogP contribution in [-0.4, -0.2) is 20.1 Å². The molecule has 0 unspecified atom stereocenters. The molecule has 34 heavy (non-hydrogen) atoms. The lowest BCUT2D eigenvalue weighted by atomic mass is 9.54. The average molecular weight is 464 g/mol. The van der Waals surface area contributed by atoms with Gasteiger partial charge in [0.15, 0.2) is 0 Å². The van der Waals surface area contributed by atoms with E-state index in [1.54, 1.807) is 6.20 Å². The van der Waals surface area contributed by atoms with Crippen LogP contribution in [0, 0.1) is 34.8 Å². The maximum Gasteiger partial charge on any atom is 0.126 e. The van der Waals surface area contributed by atoms with Crippen LogP contribution >= 0.6 is 0 Å². The minimum atomic E-state index is -0.606. The molecule has 6 heteroatoms. The summed E-state index contributed by atoms with van der Waals surface area (Å²) < 4.78 is 29.0. The maximum absolute atomic E-state index is 13.6. The maximum atomic E-state index is 13.6. The topological polar surface area (TPSA) is 50.9 Å². The Morgan fingerprint density at radius 2 is 1.85 bits per heavy atom. The summed E-state index contributed by atoms with van der Waals surface area (Å²) in [6, 6.07) is 9.45. The Morgan fingerprint density at radius 3 is 2.68 bits per heavy atom. The molecule has 0 aliphatic heterocycles. The lowest BCUT2D eigenvalue weighted by Crippen LogP contribution is -2.42. The highest BCUT2D eigenvalue weighted by Gasteiger charge is 2.53. The third-order valence-electron chi connectivity index (χ3n) is 9.10. The molecule has 5 atom stereocenters. The van der Waals surface area contributed by atoms with Gasteiger partial charge >= 0.3 is 0 Å². The minimum Gasteiger partial charge on any atom is -0.508 e. The van der Waals surface area contributed by atoms with Gasteiger partial charge in [-0.25, -0.2) is 8.78 Å². The monoisotopic (exact) mass is 463 g/mol. The number of phenolic OH excluding ortho intramolecular Hbond substituents is 1. The Bertz CT molecular complexity index is 1200. The molecule has 1 aromatic heterocycles. The van der Waals surface area contributed by atoms with Crippen molar-refractivity contribution in [3.05, 3.63) is 65.4 Å². The number of halogens is 2. The molecular formula is C28H31F2N3O. The van der Waals surface area contributed by atoms with Gasteiger partial charge in [-0.2, -0.15) is 0 Å². The summed E-state index contributed by atoms with van der Waals surface area (Å²) in [4.78, 5) is 0. The number of hydrogen-bond acceptors (Lipinski definition) is 3. The van der Waals surface area contributed by atoms with E-state index >= 15 is 0 Å². The first-order valence-corrected chi connectivity index (χ1v) is 12.6. The molecule has 6 rings (SSSR count). The van der Waals surface area contributed by atoms with E-state index in [0.717, 1.165) is 25.5 Å². The molecule has 0 saturated heterocycles. The van der Waals surface area contributed by atoms with Crippen LogP contribution in [0.15, 0.2) is 42.6 Å². The molecular weight excluding hydrogens is 432 g/mol. The summed E-state index contributed by atoms with van der Waals surface area (Å²) in [7, 11) is 0. The summed E-state index contributed by atoms with van der Waals surface area (Å²) in [6.45, 7) is 3.27. The molecule has 1 N–H and O–H groups in total. The first kappa shape index (κ1) is 21.8. The number of aryl methyl sites for hydroxylation is 2. The van der Waals surface area contributed by atoms with E-state index in [4.69, 9.17) is 0 Å². The molecule has 1 heterocycles. The smallest absolute Gasteiger partial charge is 0.126 e. The molecule has 2 saturated carbocycles. The van der Waals surface area contributed by atoms with Crippen molar-refractivity contribution in [3.8, 4) is 17.0 Å². The van der Waals surface area contributed by atoms with Crippen molar-refractivity contribution in [3.63, 3.8) is 0 Å². The standard InChI is InChI=1S/C28H31F2N3O/c1-28-9-6-17(8-11-33-16-26(31-32-33)19-12-20(29)15-21(30)13-19)27(28)25-4-2-18-14-22(34)3-5-23(18)24(25)7-10-28/h3,5,12-17,24-25,27,34H,2,4,6-11H2,1H3/t17-,24+,25+,27-,28-/m0/s1. The van der Waals surface area contributed by atoms with Crippen molar-refractivity contribution in [1.82, 2.24) is 15.0 Å². The average Bonchev–Trinajstić information content (AvgIpc) is 3.41. The molecule has 2 aromatic carbocycles. The molecule has 0 bridgehead atoms. The predicted molar refractivity (Wildman–Crippen MR) is 126 cm³/mol. The highest BCUT2D eigenvalue weighted by atomic mass is 19.1. The van der Waals surface area contributed by atoms with Crippen molar-refractivity contribution >= 4 is 0 Å². The number of rotatable bonds is 4. The largest absolute Gasteiger partial charge is 0.508 e. The molecule has 0 radical (unpaired) electrons. The van der Waals surface area contributed by atoms with Gasteiger partial charge in [0.25, 0.3) is 0 Å². The Hall–Kier alpha value is -2.76. The first-order valence-electron chi connectivity index (χ1n) is 12.6. The van der Waals surface area contributed by atoms with Crippen LogP contribution in [0.2, 0.25) is 0 Å². The number of phenols is 1. The van der Waals surface area contributed by atoms with Crippen LogP contribution in [0.5, 0.6) is 5.75 Å². The summed E-state index contributed by atoms with van der Waals surface area (Å²) in [5, 5.41) is 18.4. The molecule has 3 aliphatic rings. The Balaban J connectivity index is 1.19. The van der Waals surface area contributed by atoms with Gasteiger partial charge in [-0.3, -0.25) is 4.68 Å². The predicted octanol–water partition coefficient (Wildman–Crippen LogP) is 6.49. The Morgan fingerprint density at radius 1 is 1.06 bits per heavy atom. The van der Waals surface area contributed by atoms with E-state index in [1.807, 2.05) is 16.8 Å². The van der Waals surface area contributed by atoms with Gasteiger partial charge in [0.05, 0.1) is 6.20 Å². The number of hydrogen-bond donors (Lipinski definition) is 1. The minimum absolute atomic E-state index is 0.379. The van der Waals surface area contributed by atoms with Crippen molar-refractivity contribution in [2.75, 3.05) is 0 Å². The van der Waals surface area contributed by atoms with Crippen molar-refractivity contribution in [1.29, 1.82) is 0 Å². The van der Waals surface area contributed by atoms with Gasteiger partial charge in [-0.15, -0.1) is 5.10 Å². The lowest BCUT2D eigenvalue weighted by Gasteiger charge is -2.51. The number of aromatic hydroxyl groups is 1. The SMILES string of the molecule is C[C@@]12CC[C@@H](CCn3cc(-c4cc(F)cc(F)c4)nn3)[C@H]1[C@@H]1CCc3cc(O)ccc3[C@H]1CC2. The quantitative estimate of drug-likeness (QED) is 0.481. The highest BCUT2D eigenvalue weighted by Crippen LogP contribution is 2.63. The van der Waals surface area contributed by atoms with Crippen LogP contribution in [0.25, 0.3) is 11.3 Å². The van der Waals surface area contributed by atoms with Crippen molar-refractivity contribution in [2.24, 2.45) is 23.2 Å². The van der Waals surface area contributed by atoms with Gasteiger partial charge in [0.1, 0.15) is 23.1 Å². The first-order chi connectivity index (χ1) is 16.4. The van der Waals surface area contributed by atoms with E-state index in [-0.39, 0.29) is 0 Å². The van der Waals surface area contributed by atoms with Crippen LogP contribution < -0.4 is 0 Å². The van der Waals surface area contributed by atoms with E-state index in [9.17, 15) is 13.9 Å². The van der Waals surface area contributed by atoms with E-state index < -0.39 is 11.6 Å². The molecule has 2 fully saturated rings. The van der Waals surface area contributed by atoms with Crippen molar-refractivity contribution in [2.45, 2.75) is 64.3 Å². The Kier molecular flexibility index (Phi) is 5.23. The van der Waals surface area contributed by atoms with Crippen LogP contribution in [0.3, 0.4) is 0 Å². The molecule has 0 amide bonds. The molecule has 178 valence electrons. The fourth-order valence-corrected chi connectivity index (χ4v) is 7.66. The van der Waals surface area contributed by atoms with Crippen molar-refractivity contribution < 1.29 is 13.9 Å². The number of nitrogens with zero attached hydrogens (tertiary/aromatic N) is 3. The normalized spacial score (nSPS) is 30.0. The van der Waals surface area contributed by atoms with Gasteiger partial charge in [0, 0.05) is 18.2 Å². The fraction of sp³-hybridized carbons (Fsp3) is 0.500. The molecule has 3 aliphatic carbocycles. The second kappa shape index (κ2) is 8.17. The second-order valence-electron chi connectivity index (χ2n) is 11.0. The number of benzene rings is 2. The summed E-state index contributed by atoms with van der Waals surface area (Å²) in [5.74, 6) is 1.82. The zero-order chi connectivity index (χ0) is 23.4. The number of fused-ring (bicyclic) bond motifs is 5. The van der Waals surface area contributed by atoms with E-state index in [0.29, 0.717) is 46.1 Å².